The molecule has 2 aliphatic heterocycles. The van der Waals surface area contributed by atoms with Crippen LogP contribution in [0.25, 0.3) is 0 Å². The third-order valence-electron chi connectivity index (χ3n) is 4.35. The molecular weight excluding hydrogens is 401 g/mol. The van der Waals surface area contributed by atoms with E-state index in [1.807, 2.05) is 17.5 Å². The molecule has 2 aromatic rings. The molecule has 1 aromatic heterocycles. The summed E-state index contributed by atoms with van der Waals surface area (Å²) in [7, 11) is -3.45. The molecule has 28 heavy (non-hydrogen) atoms. The van der Waals surface area contributed by atoms with E-state index in [-0.39, 0.29) is 24.0 Å². The number of nitrogens with zero attached hydrogens (tertiary/aromatic N) is 3. The van der Waals surface area contributed by atoms with Crippen LogP contribution in [0, 0.1) is 5.82 Å². The molecule has 1 amide bonds. The van der Waals surface area contributed by atoms with Crippen LogP contribution >= 0.6 is 11.3 Å². The van der Waals surface area contributed by atoms with Crippen LogP contribution in [-0.2, 0) is 21.4 Å². The van der Waals surface area contributed by atoms with Crippen molar-refractivity contribution in [2.24, 2.45) is 4.40 Å². The van der Waals surface area contributed by atoms with Crippen LogP contribution in [0.3, 0.4) is 0 Å². The highest BCUT2D eigenvalue weighted by Gasteiger charge is 2.27. The fourth-order valence-electron chi connectivity index (χ4n) is 2.94. The zero-order valence-corrected chi connectivity index (χ0v) is 16.3. The van der Waals surface area contributed by atoms with E-state index in [0.29, 0.717) is 23.6 Å². The van der Waals surface area contributed by atoms with Gasteiger partial charge in [-0.3, -0.25) is 4.79 Å². The number of thiophene rings is 1. The molecule has 144 valence electrons. The lowest BCUT2D eigenvalue weighted by Gasteiger charge is -2.29. The number of halogens is 1. The summed E-state index contributed by atoms with van der Waals surface area (Å²) in [5.41, 5.74) is 0.980. The number of hydrogen-bond donors (Lipinski definition) is 0. The number of carbonyl (C=O) groups is 1. The van der Waals surface area contributed by atoms with Crippen molar-refractivity contribution >= 4 is 38.8 Å². The highest BCUT2D eigenvalue weighted by Crippen LogP contribution is 2.24. The van der Waals surface area contributed by atoms with Gasteiger partial charge in [-0.2, -0.15) is 0 Å². The Labute approximate surface area is 166 Å². The summed E-state index contributed by atoms with van der Waals surface area (Å²) >= 11 is 1.53. The summed E-state index contributed by atoms with van der Waals surface area (Å²) < 4.78 is 40.4. The number of sulfonamides is 1. The maximum atomic E-state index is 13.3. The molecule has 0 spiro atoms. The van der Waals surface area contributed by atoms with E-state index in [1.165, 1.54) is 29.5 Å². The minimum absolute atomic E-state index is 0.0980. The fraction of sp³-hybridized carbons (Fsp3) is 0.158. The molecule has 0 bridgehead atoms. The topological polar surface area (TPSA) is 70.0 Å². The zero-order chi connectivity index (χ0) is 19.7. The summed E-state index contributed by atoms with van der Waals surface area (Å²) in [6.45, 7) is 0.590. The van der Waals surface area contributed by atoms with Crippen LogP contribution in [0.15, 0.2) is 70.1 Å². The maximum Gasteiger partial charge on any atom is 0.260 e. The molecule has 0 fully saturated rings. The summed E-state index contributed by atoms with van der Waals surface area (Å²) in [6, 6.07) is 9.59. The Hall–Kier alpha value is -2.78. The lowest BCUT2D eigenvalue weighted by Crippen LogP contribution is -2.39. The molecule has 9 heteroatoms. The van der Waals surface area contributed by atoms with Crippen LogP contribution in [0.1, 0.15) is 4.88 Å². The quantitative estimate of drug-likeness (QED) is 0.767. The van der Waals surface area contributed by atoms with Crippen molar-refractivity contribution < 1.29 is 17.6 Å². The van der Waals surface area contributed by atoms with Gasteiger partial charge >= 0.3 is 0 Å². The van der Waals surface area contributed by atoms with Gasteiger partial charge in [-0.25, -0.2) is 12.8 Å². The van der Waals surface area contributed by atoms with Crippen LogP contribution in [0.2, 0.25) is 0 Å². The van der Waals surface area contributed by atoms with Crippen molar-refractivity contribution in [2.45, 2.75) is 6.54 Å². The van der Waals surface area contributed by atoms with Gasteiger partial charge in [0.25, 0.3) is 15.9 Å². The molecule has 0 aliphatic carbocycles. The molecular formula is C19H16FN3O3S2. The first-order chi connectivity index (χ1) is 13.4. The second kappa shape index (κ2) is 7.33. The molecule has 0 N–H and O–H groups in total. The van der Waals surface area contributed by atoms with Crippen molar-refractivity contribution in [3.63, 3.8) is 0 Å². The van der Waals surface area contributed by atoms with Gasteiger partial charge in [0, 0.05) is 23.3 Å². The minimum atomic E-state index is -3.45. The number of anilines is 1. The maximum absolute atomic E-state index is 13.3. The van der Waals surface area contributed by atoms with Crippen LogP contribution in [0.4, 0.5) is 10.1 Å². The number of amidine groups is 1. The molecule has 4 rings (SSSR count). The summed E-state index contributed by atoms with van der Waals surface area (Å²) in [5.74, 6) is -0.434. The molecule has 6 nitrogen and oxygen atoms in total. The molecule has 3 heterocycles. The average molecular weight is 417 g/mol. The molecule has 0 saturated carbocycles. The summed E-state index contributed by atoms with van der Waals surface area (Å²) in [4.78, 5) is 17.5. The third kappa shape index (κ3) is 3.90. The molecule has 0 radical (unpaired) electrons. The minimum Gasteiger partial charge on any atom is -0.330 e. The molecule has 0 saturated heterocycles. The Bertz CT molecular complexity index is 1090. The molecule has 1 aromatic carbocycles. The predicted octanol–water partition coefficient (Wildman–Crippen LogP) is 2.92. The highest BCUT2D eigenvalue weighted by molar-refractivity contribution is 7.90. The fourth-order valence-corrected chi connectivity index (χ4v) is 4.61. The first-order valence-electron chi connectivity index (χ1n) is 8.50. The number of rotatable bonds is 4. The second-order valence-corrected chi connectivity index (χ2v) is 9.08. The van der Waals surface area contributed by atoms with Crippen molar-refractivity contribution in [3.8, 4) is 0 Å². The van der Waals surface area contributed by atoms with Crippen molar-refractivity contribution in [1.29, 1.82) is 0 Å². The Balaban J connectivity index is 1.65. The smallest absolute Gasteiger partial charge is 0.260 e. The van der Waals surface area contributed by atoms with Crippen LogP contribution < -0.4 is 4.90 Å². The van der Waals surface area contributed by atoms with E-state index in [9.17, 15) is 17.6 Å². The monoisotopic (exact) mass is 417 g/mol. The Kier molecular flexibility index (Phi) is 4.86. The lowest BCUT2D eigenvalue weighted by molar-refractivity contribution is -0.115. The van der Waals surface area contributed by atoms with Crippen molar-refractivity contribution in [2.75, 3.05) is 17.2 Å². The Morgan fingerprint density at radius 2 is 2.00 bits per heavy atom. The third-order valence-corrected chi connectivity index (χ3v) is 6.37. The summed E-state index contributed by atoms with van der Waals surface area (Å²) in [5, 5.41) is 1.93. The average Bonchev–Trinajstić information content (AvgIpc) is 3.19. The van der Waals surface area contributed by atoms with E-state index in [0.717, 1.165) is 4.88 Å². The number of amides is 1. The normalized spacial score (nSPS) is 17.5. The molecule has 0 atom stereocenters. The number of carbonyl (C=O) groups excluding carboxylic acids is 1. The lowest BCUT2D eigenvalue weighted by atomic mass is 10.1. The first-order valence-corrected chi connectivity index (χ1v) is 11.0. The number of benzene rings is 1. The largest absolute Gasteiger partial charge is 0.330 e. The van der Waals surface area contributed by atoms with E-state index in [4.69, 9.17) is 0 Å². The highest BCUT2D eigenvalue weighted by atomic mass is 32.2. The van der Waals surface area contributed by atoms with Gasteiger partial charge in [0.05, 0.1) is 17.9 Å². The standard InChI is InChI=1S/C19H16FN3O3S2/c20-15-4-6-16(7-5-15)23(13-17-2-1-10-27-17)19(24)14-3-8-18-21-28(25,26)11-9-22(18)12-14/h1-8,10,12H,9,11,13H2. The number of hydrogen-bond acceptors (Lipinski definition) is 5. The van der Waals surface area contributed by atoms with Crippen molar-refractivity contribution in [1.82, 2.24) is 4.90 Å². The van der Waals surface area contributed by atoms with Gasteiger partial charge in [-0.15, -0.1) is 15.7 Å². The van der Waals surface area contributed by atoms with E-state index >= 15 is 0 Å². The van der Waals surface area contributed by atoms with Gasteiger partial charge in [0.1, 0.15) is 11.7 Å². The second-order valence-electron chi connectivity index (χ2n) is 6.29. The van der Waals surface area contributed by atoms with Gasteiger partial charge < -0.3 is 9.80 Å². The molecule has 0 unspecified atom stereocenters. The SMILES string of the molecule is O=C(C1=CN2CCS(=O)(=O)N=C2C=C1)N(Cc1cccs1)c1ccc(F)cc1. The number of fused-ring (bicyclic) bond motifs is 1. The van der Waals surface area contributed by atoms with Gasteiger partial charge in [0.2, 0.25) is 0 Å². The van der Waals surface area contributed by atoms with Gasteiger partial charge in [-0.05, 0) is 47.9 Å². The Morgan fingerprint density at radius 3 is 2.71 bits per heavy atom. The van der Waals surface area contributed by atoms with E-state index < -0.39 is 10.0 Å². The van der Waals surface area contributed by atoms with E-state index in [2.05, 4.69) is 4.40 Å². The van der Waals surface area contributed by atoms with E-state index in [1.54, 1.807) is 34.2 Å². The zero-order valence-electron chi connectivity index (χ0n) is 14.7. The van der Waals surface area contributed by atoms with Crippen molar-refractivity contribution in [3.05, 3.63) is 76.4 Å². The van der Waals surface area contributed by atoms with Crippen LogP contribution in [0.5, 0.6) is 0 Å². The van der Waals surface area contributed by atoms with Gasteiger partial charge in [-0.1, -0.05) is 6.07 Å². The predicted molar refractivity (Wildman–Crippen MR) is 107 cm³/mol. The molecule has 2 aliphatic rings. The van der Waals surface area contributed by atoms with Gasteiger partial charge in [0.15, 0.2) is 0 Å². The summed E-state index contributed by atoms with van der Waals surface area (Å²) in [6.07, 6.45) is 4.70. The Morgan fingerprint density at radius 1 is 1.21 bits per heavy atom. The first kappa shape index (κ1) is 18.6. The van der Waals surface area contributed by atoms with Crippen LogP contribution in [-0.4, -0.2) is 37.4 Å².